The number of amides is 2. The van der Waals surface area contributed by atoms with E-state index >= 15 is 0 Å². The van der Waals surface area contributed by atoms with E-state index in [0.29, 0.717) is 12.0 Å². The third-order valence-electron chi connectivity index (χ3n) is 5.25. The van der Waals surface area contributed by atoms with Gasteiger partial charge < -0.3 is 15.8 Å². The maximum atomic E-state index is 14.6. The monoisotopic (exact) mass is 363 g/mol. The van der Waals surface area contributed by atoms with Crippen LogP contribution in [0.3, 0.4) is 0 Å². The normalized spacial score (nSPS) is 29.3. The van der Waals surface area contributed by atoms with Crippen LogP contribution in [0.25, 0.3) is 5.57 Å². The fourth-order valence-corrected chi connectivity index (χ4v) is 3.79. The molecule has 3 N–H and O–H groups in total. The molecule has 2 amide bonds. The van der Waals surface area contributed by atoms with Crippen molar-refractivity contribution in [1.82, 2.24) is 5.32 Å². The Kier molecular flexibility index (Phi) is 3.95. The van der Waals surface area contributed by atoms with Crippen LogP contribution in [0.4, 0.5) is 19.3 Å². The zero-order chi connectivity index (χ0) is 18.6. The largest absolute Gasteiger partial charge is 0.442 e. The van der Waals surface area contributed by atoms with E-state index in [2.05, 4.69) is 5.32 Å². The molecule has 0 bridgehead atoms. The number of halogens is 2. The van der Waals surface area contributed by atoms with Crippen molar-refractivity contribution in [3.63, 3.8) is 0 Å². The Balaban J connectivity index is 1.53. The van der Waals surface area contributed by atoms with E-state index in [0.717, 1.165) is 12.1 Å². The zero-order valence-electron chi connectivity index (χ0n) is 14.2. The van der Waals surface area contributed by atoms with Gasteiger partial charge in [-0.2, -0.15) is 0 Å². The Morgan fingerprint density at radius 1 is 1.38 bits per heavy atom. The minimum atomic E-state index is -0.709. The number of nitrogens with two attached hydrogens (primary N) is 1. The Hall–Kier alpha value is -2.48. The molecule has 1 aliphatic heterocycles. The van der Waals surface area contributed by atoms with Gasteiger partial charge in [0, 0.05) is 18.5 Å². The fraction of sp³-hybridized carbons (Fsp3) is 0.444. The van der Waals surface area contributed by atoms with Gasteiger partial charge in [-0.1, -0.05) is 6.08 Å². The molecule has 8 heteroatoms. The fourth-order valence-electron chi connectivity index (χ4n) is 3.79. The molecule has 1 saturated carbocycles. The summed E-state index contributed by atoms with van der Waals surface area (Å²) >= 11 is 0. The summed E-state index contributed by atoms with van der Waals surface area (Å²) in [6.07, 6.45) is 1.16. The van der Waals surface area contributed by atoms with Crippen LogP contribution < -0.4 is 16.0 Å². The molecular formula is C18H19F2N3O3. The van der Waals surface area contributed by atoms with Crippen molar-refractivity contribution in [3.05, 3.63) is 35.4 Å². The number of hydrogen-bond donors (Lipinski definition) is 2. The minimum Gasteiger partial charge on any atom is -0.442 e. The van der Waals surface area contributed by atoms with Gasteiger partial charge in [0.25, 0.3) is 0 Å². The highest BCUT2D eigenvalue weighted by Crippen LogP contribution is 2.52. The summed E-state index contributed by atoms with van der Waals surface area (Å²) in [6, 6.07) is 2.39. The van der Waals surface area contributed by atoms with Crippen LogP contribution in [0.15, 0.2) is 18.2 Å². The lowest BCUT2D eigenvalue weighted by Gasteiger charge is -2.16. The summed E-state index contributed by atoms with van der Waals surface area (Å²) in [6.45, 7) is 1.61. The van der Waals surface area contributed by atoms with Crippen molar-refractivity contribution in [2.24, 2.45) is 17.6 Å². The number of nitrogens with one attached hydrogen (secondary N) is 1. The van der Waals surface area contributed by atoms with E-state index in [1.807, 2.05) is 6.08 Å². The minimum absolute atomic E-state index is 0.0458. The number of anilines is 1. The summed E-state index contributed by atoms with van der Waals surface area (Å²) in [5.41, 5.74) is 6.54. The molecule has 0 unspecified atom stereocenters. The second-order valence-electron chi connectivity index (χ2n) is 7.05. The van der Waals surface area contributed by atoms with Crippen LogP contribution in [0.2, 0.25) is 0 Å². The molecule has 1 saturated heterocycles. The Labute approximate surface area is 149 Å². The SMILES string of the molecule is CC(=O)NC[C@H]1CN(c2cc(F)c(C3=C[C@H]4[C@@H](N)[C@@H]4C3)c(F)c2)C(=O)O1. The van der Waals surface area contributed by atoms with E-state index in [1.165, 1.54) is 11.8 Å². The molecule has 1 aromatic rings. The molecule has 1 aromatic carbocycles. The number of carbonyl (C=O) groups is 2. The number of hydrogen-bond acceptors (Lipinski definition) is 4. The number of nitrogens with zero attached hydrogens (tertiary/aromatic N) is 1. The number of carbonyl (C=O) groups excluding carboxylic acids is 2. The number of benzene rings is 1. The smallest absolute Gasteiger partial charge is 0.414 e. The molecule has 0 aromatic heterocycles. The van der Waals surface area contributed by atoms with Crippen molar-refractivity contribution in [2.45, 2.75) is 25.5 Å². The molecule has 138 valence electrons. The van der Waals surface area contributed by atoms with Crippen molar-refractivity contribution < 1.29 is 23.1 Å². The molecular weight excluding hydrogens is 344 g/mol. The molecule has 4 atom stereocenters. The zero-order valence-corrected chi connectivity index (χ0v) is 14.2. The van der Waals surface area contributed by atoms with E-state index in [4.69, 9.17) is 10.5 Å². The molecule has 6 nitrogen and oxygen atoms in total. The Bertz CT molecular complexity index is 803. The van der Waals surface area contributed by atoms with Crippen molar-refractivity contribution in [1.29, 1.82) is 0 Å². The number of allylic oxidation sites excluding steroid dienone is 1. The molecule has 0 radical (unpaired) electrons. The predicted molar refractivity (Wildman–Crippen MR) is 90.2 cm³/mol. The van der Waals surface area contributed by atoms with Gasteiger partial charge >= 0.3 is 6.09 Å². The third-order valence-corrected chi connectivity index (χ3v) is 5.25. The Morgan fingerprint density at radius 3 is 2.65 bits per heavy atom. The van der Waals surface area contributed by atoms with E-state index in [9.17, 15) is 18.4 Å². The van der Waals surface area contributed by atoms with Gasteiger partial charge in [-0.05, 0) is 36.0 Å². The molecule has 1 heterocycles. The van der Waals surface area contributed by atoms with Crippen molar-refractivity contribution >= 4 is 23.3 Å². The van der Waals surface area contributed by atoms with Crippen molar-refractivity contribution in [2.75, 3.05) is 18.0 Å². The molecule has 4 rings (SSSR count). The number of rotatable bonds is 4. The highest BCUT2D eigenvalue weighted by Gasteiger charge is 2.50. The van der Waals surface area contributed by atoms with E-state index < -0.39 is 23.8 Å². The first-order chi connectivity index (χ1) is 12.3. The molecule has 26 heavy (non-hydrogen) atoms. The first-order valence-electron chi connectivity index (χ1n) is 8.53. The van der Waals surface area contributed by atoms with Crippen LogP contribution in [-0.2, 0) is 9.53 Å². The molecule has 2 fully saturated rings. The lowest BCUT2D eigenvalue weighted by atomic mass is 10.0. The lowest BCUT2D eigenvalue weighted by molar-refractivity contribution is -0.119. The van der Waals surface area contributed by atoms with Crippen molar-refractivity contribution in [3.8, 4) is 0 Å². The number of ether oxygens (including phenoxy) is 1. The second kappa shape index (κ2) is 6.05. The first-order valence-corrected chi connectivity index (χ1v) is 8.53. The quantitative estimate of drug-likeness (QED) is 0.854. The van der Waals surface area contributed by atoms with Gasteiger partial charge in [0.1, 0.15) is 17.7 Å². The van der Waals surface area contributed by atoms with E-state index in [1.54, 1.807) is 0 Å². The summed E-state index contributed by atoms with van der Waals surface area (Å²) in [5.74, 6) is -1.17. The van der Waals surface area contributed by atoms with Crippen LogP contribution in [0, 0.1) is 23.5 Å². The van der Waals surface area contributed by atoms with Crippen LogP contribution in [0.5, 0.6) is 0 Å². The summed E-state index contributed by atoms with van der Waals surface area (Å²) in [5, 5.41) is 2.55. The van der Waals surface area contributed by atoms with Gasteiger partial charge in [0.2, 0.25) is 5.91 Å². The van der Waals surface area contributed by atoms with Gasteiger partial charge in [0.15, 0.2) is 0 Å². The van der Waals surface area contributed by atoms with Crippen LogP contribution in [0.1, 0.15) is 18.9 Å². The summed E-state index contributed by atoms with van der Waals surface area (Å²) in [7, 11) is 0. The highest BCUT2D eigenvalue weighted by atomic mass is 19.1. The van der Waals surface area contributed by atoms with Crippen LogP contribution >= 0.6 is 0 Å². The second-order valence-corrected chi connectivity index (χ2v) is 7.05. The van der Waals surface area contributed by atoms with Gasteiger partial charge in [-0.25, -0.2) is 13.6 Å². The molecule has 2 aliphatic carbocycles. The average Bonchev–Trinajstić information content (AvgIpc) is 2.93. The maximum absolute atomic E-state index is 14.6. The van der Waals surface area contributed by atoms with Gasteiger partial charge in [0.05, 0.1) is 18.8 Å². The summed E-state index contributed by atoms with van der Waals surface area (Å²) < 4.78 is 34.3. The Morgan fingerprint density at radius 2 is 2.08 bits per heavy atom. The highest BCUT2D eigenvalue weighted by molar-refractivity contribution is 5.90. The lowest BCUT2D eigenvalue weighted by Crippen LogP contribution is -2.33. The number of fused-ring (bicyclic) bond motifs is 1. The maximum Gasteiger partial charge on any atom is 0.414 e. The van der Waals surface area contributed by atoms with E-state index in [-0.39, 0.29) is 48.1 Å². The van der Waals surface area contributed by atoms with Gasteiger partial charge in [-0.15, -0.1) is 0 Å². The van der Waals surface area contributed by atoms with Crippen LogP contribution in [-0.4, -0.2) is 37.2 Å². The number of cyclic esters (lactones) is 1. The topological polar surface area (TPSA) is 84.7 Å². The van der Waals surface area contributed by atoms with Gasteiger partial charge in [-0.3, -0.25) is 9.69 Å². The molecule has 0 spiro atoms. The average molecular weight is 363 g/mol. The standard InChI is InChI=1S/C18H19F2N3O3/c1-8(24)22-6-11-7-23(18(25)26-11)10-4-14(19)16(15(20)5-10)9-2-12-13(3-9)17(12)21/h2,4-5,11-13,17H,3,6-7,21H2,1H3,(H,22,24)/t11-,12+,13+,17+/m0/s1. The first kappa shape index (κ1) is 17.0. The predicted octanol–water partition coefficient (Wildman–Crippen LogP) is 1.79. The third kappa shape index (κ3) is 2.84. The summed E-state index contributed by atoms with van der Waals surface area (Å²) in [4.78, 5) is 24.1. The molecule has 3 aliphatic rings.